The van der Waals surface area contributed by atoms with E-state index in [0.29, 0.717) is 6.54 Å². The summed E-state index contributed by atoms with van der Waals surface area (Å²) in [6.45, 7) is 5.06. The number of aryl methyl sites for hydroxylation is 1. The van der Waals surface area contributed by atoms with E-state index in [4.69, 9.17) is 10.00 Å². The zero-order valence-corrected chi connectivity index (χ0v) is 12.5. The summed E-state index contributed by atoms with van der Waals surface area (Å²) in [7, 11) is 0. The lowest BCUT2D eigenvalue weighted by Gasteiger charge is -2.17. The number of rotatable bonds is 6. The maximum absolute atomic E-state index is 8.63. The monoisotopic (exact) mass is 280 g/mol. The molecule has 0 aromatic heterocycles. The molecule has 1 N–H and O–H groups in total. The number of benzene rings is 2. The van der Waals surface area contributed by atoms with Crippen molar-refractivity contribution in [3.63, 3.8) is 0 Å². The summed E-state index contributed by atoms with van der Waals surface area (Å²) in [5, 5.41) is 12.1. The Hall–Kier alpha value is -2.31. The molecule has 0 saturated heterocycles. The van der Waals surface area contributed by atoms with Gasteiger partial charge in [0.1, 0.15) is 11.8 Å². The number of nitriles is 1. The number of hydrogen-bond donors (Lipinski definition) is 1. The molecule has 2 rings (SSSR count). The van der Waals surface area contributed by atoms with Crippen molar-refractivity contribution in [1.82, 2.24) is 5.32 Å². The maximum atomic E-state index is 8.63. The van der Waals surface area contributed by atoms with Crippen molar-refractivity contribution < 1.29 is 4.74 Å². The van der Waals surface area contributed by atoms with Crippen molar-refractivity contribution in [2.75, 3.05) is 6.61 Å². The molecule has 0 heterocycles. The zero-order valence-electron chi connectivity index (χ0n) is 12.5. The molecule has 3 nitrogen and oxygen atoms in total. The Bertz CT molecular complexity index is 631. The summed E-state index contributed by atoms with van der Waals surface area (Å²) in [5.74, 6) is 0.767. The van der Waals surface area contributed by atoms with Gasteiger partial charge in [-0.1, -0.05) is 42.5 Å². The molecule has 2 aromatic carbocycles. The fourth-order valence-electron chi connectivity index (χ4n) is 2.35. The lowest BCUT2D eigenvalue weighted by Crippen LogP contribution is -2.19. The summed E-state index contributed by atoms with van der Waals surface area (Å²) in [4.78, 5) is 0. The highest BCUT2D eigenvalue weighted by Gasteiger charge is 2.09. The molecule has 0 saturated carbocycles. The van der Waals surface area contributed by atoms with Gasteiger partial charge in [-0.15, -0.1) is 0 Å². The Balaban J connectivity index is 2.03. The van der Waals surface area contributed by atoms with Crippen molar-refractivity contribution in [1.29, 1.82) is 5.26 Å². The molecule has 0 aliphatic rings. The third kappa shape index (κ3) is 4.08. The molecule has 0 amide bonds. The van der Waals surface area contributed by atoms with E-state index in [1.807, 2.05) is 30.3 Å². The second kappa shape index (κ2) is 7.47. The lowest BCUT2D eigenvalue weighted by atomic mass is 10.0. The smallest absolute Gasteiger partial charge is 0.174 e. The summed E-state index contributed by atoms with van der Waals surface area (Å²) in [6, 6.07) is 18.4. The van der Waals surface area contributed by atoms with E-state index in [2.05, 4.69) is 43.4 Å². The van der Waals surface area contributed by atoms with Crippen LogP contribution >= 0.6 is 0 Å². The van der Waals surface area contributed by atoms with Crippen molar-refractivity contribution in [3.8, 4) is 11.8 Å². The molecular weight excluding hydrogens is 260 g/mol. The first-order valence-corrected chi connectivity index (χ1v) is 7.09. The second-order valence-corrected chi connectivity index (χ2v) is 5.01. The minimum absolute atomic E-state index is 0.0738. The summed E-state index contributed by atoms with van der Waals surface area (Å²) < 4.78 is 5.45. The van der Waals surface area contributed by atoms with E-state index in [1.165, 1.54) is 11.1 Å². The quantitative estimate of drug-likeness (QED) is 0.876. The first-order valence-electron chi connectivity index (χ1n) is 7.09. The van der Waals surface area contributed by atoms with Gasteiger partial charge in [0, 0.05) is 18.2 Å². The van der Waals surface area contributed by atoms with Crippen LogP contribution in [-0.2, 0) is 6.54 Å². The SMILES string of the molecule is Cc1ccccc1[C@H](C)NCc1ccccc1OCC#N. The van der Waals surface area contributed by atoms with Gasteiger partial charge in [0.2, 0.25) is 0 Å². The Kier molecular flexibility index (Phi) is 5.36. The third-order valence-corrected chi connectivity index (χ3v) is 3.52. The molecule has 0 unspecified atom stereocenters. The Labute approximate surface area is 126 Å². The molecule has 0 aliphatic carbocycles. The number of nitrogens with one attached hydrogen (secondary N) is 1. The van der Waals surface area contributed by atoms with E-state index in [9.17, 15) is 0 Å². The van der Waals surface area contributed by atoms with Crippen LogP contribution in [0.15, 0.2) is 48.5 Å². The van der Waals surface area contributed by atoms with Gasteiger partial charge in [0.15, 0.2) is 6.61 Å². The maximum Gasteiger partial charge on any atom is 0.174 e. The van der Waals surface area contributed by atoms with Crippen LogP contribution < -0.4 is 10.1 Å². The van der Waals surface area contributed by atoms with E-state index in [1.54, 1.807) is 0 Å². The number of ether oxygens (including phenoxy) is 1. The fraction of sp³-hybridized carbons (Fsp3) is 0.278. The van der Waals surface area contributed by atoms with Gasteiger partial charge in [-0.05, 0) is 31.0 Å². The molecule has 21 heavy (non-hydrogen) atoms. The van der Waals surface area contributed by atoms with E-state index in [0.717, 1.165) is 11.3 Å². The predicted molar refractivity (Wildman–Crippen MR) is 84.0 cm³/mol. The van der Waals surface area contributed by atoms with Crippen molar-refractivity contribution >= 4 is 0 Å². The van der Waals surface area contributed by atoms with Crippen LogP contribution in [0, 0.1) is 18.3 Å². The largest absolute Gasteiger partial charge is 0.478 e. The highest BCUT2D eigenvalue weighted by molar-refractivity contribution is 5.34. The Morgan fingerprint density at radius 1 is 1.14 bits per heavy atom. The molecule has 3 heteroatoms. The van der Waals surface area contributed by atoms with Gasteiger partial charge in [-0.2, -0.15) is 5.26 Å². The summed E-state index contributed by atoms with van der Waals surface area (Å²) >= 11 is 0. The predicted octanol–water partition coefficient (Wildman–Crippen LogP) is 3.75. The summed E-state index contributed by atoms with van der Waals surface area (Å²) in [5.41, 5.74) is 3.65. The topological polar surface area (TPSA) is 45.0 Å². The molecule has 0 spiro atoms. The highest BCUT2D eigenvalue weighted by Crippen LogP contribution is 2.21. The van der Waals surface area contributed by atoms with Crippen LogP contribution in [0.2, 0.25) is 0 Å². The van der Waals surface area contributed by atoms with Crippen LogP contribution in [0.4, 0.5) is 0 Å². The van der Waals surface area contributed by atoms with Gasteiger partial charge < -0.3 is 10.1 Å². The van der Waals surface area contributed by atoms with Crippen LogP contribution in [0.25, 0.3) is 0 Å². The molecule has 0 radical (unpaired) electrons. The second-order valence-electron chi connectivity index (χ2n) is 5.01. The Morgan fingerprint density at radius 2 is 1.86 bits per heavy atom. The minimum atomic E-state index is 0.0738. The van der Waals surface area contributed by atoms with Gasteiger partial charge in [-0.3, -0.25) is 0 Å². The molecule has 0 fully saturated rings. The minimum Gasteiger partial charge on any atom is -0.478 e. The van der Waals surface area contributed by atoms with Gasteiger partial charge in [0.25, 0.3) is 0 Å². The Morgan fingerprint density at radius 3 is 2.62 bits per heavy atom. The fourth-order valence-corrected chi connectivity index (χ4v) is 2.35. The van der Waals surface area contributed by atoms with E-state index >= 15 is 0 Å². The summed E-state index contributed by atoms with van der Waals surface area (Å²) in [6.07, 6.45) is 0. The molecule has 0 bridgehead atoms. The third-order valence-electron chi connectivity index (χ3n) is 3.52. The van der Waals surface area contributed by atoms with Crippen molar-refractivity contribution in [2.45, 2.75) is 26.4 Å². The van der Waals surface area contributed by atoms with Gasteiger partial charge in [0.05, 0.1) is 0 Å². The first-order chi connectivity index (χ1) is 10.2. The van der Waals surface area contributed by atoms with Gasteiger partial charge in [-0.25, -0.2) is 0 Å². The average Bonchev–Trinajstić information content (AvgIpc) is 2.52. The van der Waals surface area contributed by atoms with Crippen LogP contribution in [0.3, 0.4) is 0 Å². The molecule has 2 aromatic rings. The number of hydrogen-bond acceptors (Lipinski definition) is 3. The normalized spacial score (nSPS) is 11.7. The lowest BCUT2D eigenvalue weighted by molar-refractivity contribution is 0.361. The average molecular weight is 280 g/mol. The molecule has 1 atom stereocenters. The van der Waals surface area contributed by atoms with Crippen LogP contribution in [0.1, 0.15) is 29.7 Å². The standard InChI is InChI=1S/C18H20N2O/c1-14-7-3-5-9-17(14)15(2)20-13-16-8-4-6-10-18(16)21-12-11-19/h3-10,15,20H,12-13H2,1-2H3/t15-/m0/s1. The molecule has 0 aliphatic heterocycles. The van der Waals surface area contributed by atoms with Crippen molar-refractivity contribution in [3.05, 3.63) is 65.2 Å². The number of para-hydroxylation sites is 1. The first kappa shape index (κ1) is 15.1. The van der Waals surface area contributed by atoms with Gasteiger partial charge >= 0.3 is 0 Å². The van der Waals surface area contributed by atoms with E-state index in [-0.39, 0.29) is 12.6 Å². The highest BCUT2D eigenvalue weighted by atomic mass is 16.5. The molecule has 108 valence electrons. The van der Waals surface area contributed by atoms with Crippen LogP contribution in [0.5, 0.6) is 5.75 Å². The van der Waals surface area contributed by atoms with Crippen molar-refractivity contribution in [2.24, 2.45) is 0 Å². The van der Waals surface area contributed by atoms with E-state index < -0.39 is 0 Å². The van der Waals surface area contributed by atoms with Crippen LogP contribution in [-0.4, -0.2) is 6.61 Å². The number of nitrogens with zero attached hydrogens (tertiary/aromatic N) is 1. The zero-order chi connectivity index (χ0) is 15.1. The molecular formula is C18H20N2O.